The smallest absolute Gasteiger partial charge is 0.227 e. The first kappa shape index (κ1) is 23.7. The lowest BCUT2D eigenvalue weighted by Crippen LogP contribution is -2.44. The number of likely N-dealkylation sites (N-methyl/N-ethyl adjacent to an activating group) is 1. The Morgan fingerprint density at radius 1 is 1.19 bits per heavy atom. The van der Waals surface area contributed by atoms with Gasteiger partial charge >= 0.3 is 0 Å². The summed E-state index contributed by atoms with van der Waals surface area (Å²) in [5, 5.41) is 17.1. The number of aromatic nitrogens is 3. The lowest BCUT2D eigenvalue weighted by atomic mass is 10.0. The molecule has 36 heavy (non-hydrogen) atoms. The molecule has 1 amide bonds. The zero-order valence-electron chi connectivity index (χ0n) is 19.7. The van der Waals surface area contributed by atoms with E-state index in [4.69, 9.17) is 0 Å². The summed E-state index contributed by atoms with van der Waals surface area (Å²) in [6.45, 7) is 1.82. The number of aromatic hydroxyl groups is 1. The molecule has 4 N–H and O–H groups in total. The number of fused-ring (bicyclic) bond motifs is 1. The van der Waals surface area contributed by atoms with Crippen LogP contribution in [0.3, 0.4) is 0 Å². The highest BCUT2D eigenvalue weighted by Crippen LogP contribution is 2.36. The van der Waals surface area contributed by atoms with Gasteiger partial charge in [-0.25, -0.2) is 18.7 Å². The van der Waals surface area contributed by atoms with Gasteiger partial charge in [0.15, 0.2) is 5.88 Å². The number of aromatic amines is 1. The third-order valence-corrected chi connectivity index (χ3v) is 6.54. The van der Waals surface area contributed by atoms with E-state index >= 15 is 0 Å². The van der Waals surface area contributed by atoms with Crippen LogP contribution in [0.25, 0.3) is 22.2 Å². The second-order valence-electron chi connectivity index (χ2n) is 8.89. The Balaban J connectivity index is 1.38. The van der Waals surface area contributed by atoms with Crippen LogP contribution in [0.15, 0.2) is 48.8 Å². The minimum absolute atomic E-state index is 0.0362. The molecule has 0 unspecified atom stereocenters. The van der Waals surface area contributed by atoms with Crippen molar-refractivity contribution in [2.45, 2.75) is 25.3 Å². The number of carbonyl (C=O) groups excluding carboxylic acids is 1. The van der Waals surface area contributed by atoms with Crippen molar-refractivity contribution in [3.63, 3.8) is 0 Å². The predicted octanol–water partition coefficient (Wildman–Crippen LogP) is 4.11. The Morgan fingerprint density at radius 3 is 2.64 bits per heavy atom. The van der Waals surface area contributed by atoms with Crippen molar-refractivity contribution in [1.29, 1.82) is 0 Å². The molecule has 1 fully saturated rings. The summed E-state index contributed by atoms with van der Waals surface area (Å²) in [4.78, 5) is 25.9. The highest BCUT2D eigenvalue weighted by molar-refractivity contribution is 5.99. The van der Waals surface area contributed by atoms with E-state index in [0.29, 0.717) is 22.4 Å². The van der Waals surface area contributed by atoms with Gasteiger partial charge in [-0.05, 0) is 55.8 Å². The number of amides is 1. The van der Waals surface area contributed by atoms with E-state index in [1.807, 2.05) is 11.9 Å². The lowest BCUT2D eigenvalue weighted by molar-refractivity contribution is -0.131. The van der Waals surface area contributed by atoms with Gasteiger partial charge in [-0.15, -0.1) is 0 Å². The Kier molecular flexibility index (Phi) is 6.51. The zero-order valence-corrected chi connectivity index (χ0v) is 19.7. The van der Waals surface area contributed by atoms with Gasteiger partial charge in [0.25, 0.3) is 0 Å². The van der Waals surface area contributed by atoms with Crippen molar-refractivity contribution >= 4 is 28.3 Å². The van der Waals surface area contributed by atoms with Crippen LogP contribution in [0.1, 0.15) is 18.4 Å². The molecule has 1 aliphatic rings. The summed E-state index contributed by atoms with van der Waals surface area (Å²) >= 11 is 0. The number of nitrogens with zero attached hydrogens (tertiary/aromatic N) is 3. The Bertz CT molecular complexity index is 1380. The summed E-state index contributed by atoms with van der Waals surface area (Å²) in [5.74, 6) is -1.15. The lowest BCUT2D eigenvalue weighted by Gasteiger charge is -2.31. The van der Waals surface area contributed by atoms with Gasteiger partial charge < -0.3 is 25.6 Å². The molecule has 0 spiro atoms. The summed E-state index contributed by atoms with van der Waals surface area (Å²) < 4.78 is 28.8. The van der Waals surface area contributed by atoms with Crippen molar-refractivity contribution in [2.75, 3.05) is 25.5 Å². The van der Waals surface area contributed by atoms with Gasteiger partial charge in [-0.1, -0.05) is 12.1 Å². The first-order valence-electron chi connectivity index (χ1n) is 11.7. The van der Waals surface area contributed by atoms with Crippen molar-refractivity contribution in [3.05, 3.63) is 66.0 Å². The fourth-order valence-corrected chi connectivity index (χ4v) is 4.53. The monoisotopic (exact) mass is 492 g/mol. The average Bonchev–Trinajstić information content (AvgIpc) is 3.26. The first-order valence-corrected chi connectivity index (χ1v) is 11.7. The number of anilines is 2. The van der Waals surface area contributed by atoms with E-state index in [9.17, 15) is 18.7 Å². The molecule has 0 bridgehead atoms. The summed E-state index contributed by atoms with van der Waals surface area (Å²) in [5.41, 5.74) is 1.28. The van der Waals surface area contributed by atoms with Crippen LogP contribution in [-0.2, 0) is 11.2 Å². The number of H-pyrrole nitrogens is 1. The van der Waals surface area contributed by atoms with E-state index in [0.717, 1.165) is 43.6 Å². The van der Waals surface area contributed by atoms with Gasteiger partial charge in [0.05, 0.1) is 34.3 Å². The maximum Gasteiger partial charge on any atom is 0.227 e. The number of halogens is 2. The quantitative estimate of drug-likeness (QED) is 0.323. The largest absolute Gasteiger partial charge is 0.494 e. The first-order chi connectivity index (χ1) is 17.4. The van der Waals surface area contributed by atoms with Crippen molar-refractivity contribution < 1.29 is 18.7 Å². The van der Waals surface area contributed by atoms with Crippen LogP contribution in [0.2, 0.25) is 0 Å². The van der Waals surface area contributed by atoms with Crippen LogP contribution >= 0.6 is 0 Å². The molecule has 1 saturated heterocycles. The molecule has 4 aromatic rings. The zero-order chi connectivity index (χ0) is 25.2. The van der Waals surface area contributed by atoms with Crippen molar-refractivity contribution in [1.82, 2.24) is 25.2 Å². The second kappa shape index (κ2) is 9.90. The molecule has 4 heterocycles. The minimum atomic E-state index is -0.742. The van der Waals surface area contributed by atoms with Crippen molar-refractivity contribution in [3.8, 4) is 17.1 Å². The summed E-state index contributed by atoms with van der Waals surface area (Å²) in [6.07, 6.45) is 5.19. The number of pyridine rings is 2. The maximum atomic E-state index is 14.4. The topological polar surface area (TPSA) is 106 Å². The van der Waals surface area contributed by atoms with Crippen LogP contribution in [0.5, 0.6) is 5.88 Å². The molecular formula is C26H26F2N6O2. The van der Waals surface area contributed by atoms with Crippen LogP contribution in [0, 0.1) is 11.6 Å². The molecular weight excluding hydrogens is 466 g/mol. The third-order valence-electron chi connectivity index (χ3n) is 6.54. The molecule has 0 aliphatic carbocycles. The molecule has 1 aromatic carbocycles. The highest BCUT2D eigenvalue weighted by atomic mass is 19.1. The van der Waals surface area contributed by atoms with Gasteiger partial charge in [0, 0.05) is 25.5 Å². The molecule has 0 atom stereocenters. The van der Waals surface area contributed by atoms with Gasteiger partial charge in [-0.2, -0.15) is 0 Å². The van der Waals surface area contributed by atoms with E-state index in [2.05, 4.69) is 25.6 Å². The van der Waals surface area contributed by atoms with E-state index in [-0.39, 0.29) is 35.5 Å². The standard InChI is InChI=1S/C26H26F2N6O2/c1-34(16-7-9-29-10-8-16)23(35)11-15-5-6-22(30-13-15)33-20-12-19(24-17(27)3-2-4-18(24)28)32-21-14-31-26(36)25(20)21/h2-6,12-14,16,29,31,36H,7-11H2,1H3,(H,30,33). The fraction of sp³-hybridized carbons (Fsp3) is 0.269. The van der Waals surface area contributed by atoms with Gasteiger partial charge in [-0.3, -0.25) is 4.79 Å². The third kappa shape index (κ3) is 4.72. The molecule has 0 radical (unpaired) electrons. The van der Waals surface area contributed by atoms with Gasteiger partial charge in [0.1, 0.15) is 17.5 Å². The number of hydrogen-bond acceptors (Lipinski definition) is 6. The van der Waals surface area contributed by atoms with Gasteiger partial charge in [0.2, 0.25) is 5.91 Å². The number of benzene rings is 1. The normalized spacial score (nSPS) is 14.2. The fourth-order valence-electron chi connectivity index (χ4n) is 4.53. The highest BCUT2D eigenvalue weighted by Gasteiger charge is 2.22. The average molecular weight is 493 g/mol. The molecule has 1 aliphatic heterocycles. The molecule has 0 saturated carbocycles. The number of rotatable bonds is 6. The molecule has 8 nitrogen and oxygen atoms in total. The van der Waals surface area contributed by atoms with E-state index in [1.54, 1.807) is 18.3 Å². The van der Waals surface area contributed by atoms with E-state index < -0.39 is 11.6 Å². The Labute approximate surface area is 206 Å². The Morgan fingerprint density at radius 2 is 1.94 bits per heavy atom. The maximum absolute atomic E-state index is 14.4. The molecule has 186 valence electrons. The minimum Gasteiger partial charge on any atom is -0.494 e. The van der Waals surface area contributed by atoms with Crippen LogP contribution in [0.4, 0.5) is 20.3 Å². The van der Waals surface area contributed by atoms with Crippen LogP contribution < -0.4 is 10.6 Å². The SMILES string of the molecule is CN(C(=O)Cc1ccc(Nc2cc(-c3c(F)cccc3F)nc3c[nH]c(O)c23)nc1)C1CCNCC1. The number of hydrogen-bond donors (Lipinski definition) is 4. The Hall–Kier alpha value is -4.05. The predicted molar refractivity (Wildman–Crippen MR) is 133 cm³/mol. The van der Waals surface area contributed by atoms with Crippen LogP contribution in [-0.4, -0.2) is 57.0 Å². The summed E-state index contributed by atoms with van der Waals surface area (Å²) in [7, 11) is 1.84. The second-order valence-corrected chi connectivity index (χ2v) is 8.89. The number of nitrogens with one attached hydrogen (secondary N) is 3. The number of piperidine rings is 1. The van der Waals surface area contributed by atoms with Crippen molar-refractivity contribution in [2.24, 2.45) is 0 Å². The molecule has 5 rings (SSSR count). The van der Waals surface area contributed by atoms with E-state index in [1.165, 1.54) is 18.3 Å². The number of carbonyl (C=O) groups is 1. The summed E-state index contributed by atoms with van der Waals surface area (Å²) in [6, 6.07) is 8.83. The molecule has 3 aromatic heterocycles. The molecule has 10 heteroatoms.